The van der Waals surface area contributed by atoms with Crippen LogP contribution in [0.25, 0.3) is 0 Å². The molecule has 2 N–H and O–H groups in total. The average Bonchev–Trinajstić information content (AvgIpc) is 2.27. The van der Waals surface area contributed by atoms with Crippen molar-refractivity contribution < 1.29 is 14.7 Å². The van der Waals surface area contributed by atoms with Gasteiger partial charge in [0.1, 0.15) is 0 Å². The summed E-state index contributed by atoms with van der Waals surface area (Å²) in [5, 5.41) is 11.9. The highest BCUT2D eigenvalue weighted by Crippen LogP contribution is 2.19. The summed E-state index contributed by atoms with van der Waals surface area (Å²) in [6.45, 7) is 7.95. The third kappa shape index (κ3) is 3.32. The Hall–Kier alpha value is -1.84. The highest BCUT2D eigenvalue weighted by Gasteiger charge is 2.24. The number of rotatable bonds is 3. The van der Waals surface area contributed by atoms with Gasteiger partial charge in [-0.25, -0.2) is 4.79 Å². The number of carbonyl (C=O) groups is 2. The summed E-state index contributed by atoms with van der Waals surface area (Å²) in [4.78, 5) is 23.1. The molecule has 98 valence electrons. The second-order valence-corrected chi connectivity index (χ2v) is 5.41. The maximum Gasteiger partial charge on any atom is 0.336 e. The third-order valence-electron chi connectivity index (χ3n) is 3.05. The van der Waals surface area contributed by atoms with Crippen LogP contribution in [0.3, 0.4) is 0 Å². The molecule has 1 atom stereocenters. The molecule has 0 spiro atoms. The summed E-state index contributed by atoms with van der Waals surface area (Å²) in [5.74, 6) is -1.44. The Bertz CT molecular complexity index is 460. The monoisotopic (exact) mass is 249 g/mol. The van der Waals surface area contributed by atoms with Crippen molar-refractivity contribution in [3.63, 3.8) is 0 Å². The van der Waals surface area contributed by atoms with E-state index in [0.29, 0.717) is 0 Å². The normalized spacial score (nSPS) is 12.9. The molecule has 1 amide bonds. The van der Waals surface area contributed by atoms with Crippen LogP contribution in [0.5, 0.6) is 0 Å². The van der Waals surface area contributed by atoms with Gasteiger partial charge in [-0.2, -0.15) is 0 Å². The lowest BCUT2D eigenvalue weighted by Crippen LogP contribution is -2.41. The number of aromatic carboxylic acids is 1. The van der Waals surface area contributed by atoms with Crippen molar-refractivity contribution in [2.45, 2.75) is 33.7 Å². The minimum absolute atomic E-state index is 0.0242. The number of nitrogens with one attached hydrogen (secondary N) is 1. The largest absolute Gasteiger partial charge is 0.478 e. The molecule has 18 heavy (non-hydrogen) atoms. The van der Waals surface area contributed by atoms with Gasteiger partial charge in [-0.3, -0.25) is 4.79 Å². The van der Waals surface area contributed by atoms with Crippen molar-refractivity contribution in [2.75, 3.05) is 0 Å². The molecular weight excluding hydrogens is 230 g/mol. The van der Waals surface area contributed by atoms with Crippen LogP contribution in [0.15, 0.2) is 24.3 Å². The van der Waals surface area contributed by atoms with Gasteiger partial charge in [-0.15, -0.1) is 0 Å². The van der Waals surface area contributed by atoms with Gasteiger partial charge in [0, 0.05) is 6.04 Å². The molecule has 0 aromatic heterocycles. The van der Waals surface area contributed by atoms with Gasteiger partial charge in [0.2, 0.25) is 0 Å². The van der Waals surface area contributed by atoms with E-state index < -0.39 is 5.97 Å². The van der Waals surface area contributed by atoms with Crippen LogP contribution >= 0.6 is 0 Å². The molecule has 1 rings (SSSR count). The molecule has 0 saturated heterocycles. The van der Waals surface area contributed by atoms with Crippen LogP contribution in [0.1, 0.15) is 48.4 Å². The summed E-state index contributed by atoms with van der Waals surface area (Å²) in [5.41, 5.74) is 0.144. The van der Waals surface area contributed by atoms with Gasteiger partial charge in [-0.05, 0) is 24.5 Å². The fraction of sp³-hybridized carbons (Fsp3) is 0.429. The molecule has 4 heteroatoms. The van der Waals surface area contributed by atoms with E-state index in [-0.39, 0.29) is 28.5 Å². The molecule has 0 aliphatic carbocycles. The molecule has 0 aliphatic heterocycles. The summed E-state index contributed by atoms with van der Waals surface area (Å²) >= 11 is 0. The maximum absolute atomic E-state index is 12.1. The van der Waals surface area contributed by atoms with E-state index in [1.807, 2.05) is 27.7 Å². The van der Waals surface area contributed by atoms with E-state index in [1.165, 1.54) is 12.1 Å². The summed E-state index contributed by atoms with van der Waals surface area (Å²) in [7, 11) is 0. The SMILES string of the molecule is C[C@H](NC(=O)c1ccccc1C(=O)O)C(C)(C)C. The Balaban J connectivity index is 2.95. The van der Waals surface area contributed by atoms with Gasteiger partial charge in [0.05, 0.1) is 11.1 Å². The number of benzene rings is 1. The predicted octanol–water partition coefficient (Wildman–Crippen LogP) is 2.55. The lowest BCUT2D eigenvalue weighted by Gasteiger charge is -2.28. The van der Waals surface area contributed by atoms with E-state index >= 15 is 0 Å². The van der Waals surface area contributed by atoms with Crippen LogP contribution < -0.4 is 5.32 Å². The molecule has 0 radical (unpaired) electrons. The first-order valence-electron chi connectivity index (χ1n) is 5.86. The molecule has 4 nitrogen and oxygen atoms in total. The van der Waals surface area contributed by atoms with Crippen LogP contribution in [0, 0.1) is 5.41 Å². The Morgan fingerprint density at radius 1 is 1.17 bits per heavy atom. The Morgan fingerprint density at radius 3 is 2.11 bits per heavy atom. The number of hydrogen-bond donors (Lipinski definition) is 2. The number of amides is 1. The zero-order chi connectivity index (χ0) is 13.9. The van der Waals surface area contributed by atoms with Gasteiger partial charge in [-0.1, -0.05) is 32.9 Å². The molecule has 0 fully saturated rings. The average molecular weight is 249 g/mol. The molecule has 0 heterocycles. The number of carbonyl (C=O) groups excluding carboxylic acids is 1. The smallest absolute Gasteiger partial charge is 0.336 e. The number of carboxylic acids is 1. The molecule has 0 unspecified atom stereocenters. The van der Waals surface area contributed by atoms with Crippen molar-refractivity contribution in [1.29, 1.82) is 0 Å². The van der Waals surface area contributed by atoms with Gasteiger partial charge < -0.3 is 10.4 Å². The van der Waals surface area contributed by atoms with E-state index in [0.717, 1.165) is 0 Å². The summed E-state index contributed by atoms with van der Waals surface area (Å²) in [6.07, 6.45) is 0. The second kappa shape index (κ2) is 5.21. The highest BCUT2D eigenvalue weighted by atomic mass is 16.4. The van der Waals surface area contributed by atoms with Gasteiger partial charge in [0.25, 0.3) is 5.91 Å². The molecule has 0 bridgehead atoms. The lowest BCUT2D eigenvalue weighted by atomic mass is 9.88. The third-order valence-corrected chi connectivity index (χ3v) is 3.05. The standard InChI is InChI=1S/C14H19NO3/c1-9(14(2,3)4)15-12(16)10-7-5-6-8-11(10)13(17)18/h5-9H,1-4H3,(H,15,16)(H,17,18)/t9-/m0/s1. The summed E-state index contributed by atoms with van der Waals surface area (Å²) < 4.78 is 0. The first-order valence-corrected chi connectivity index (χ1v) is 5.86. The Kier molecular flexibility index (Phi) is 4.11. The van der Waals surface area contributed by atoms with E-state index in [9.17, 15) is 9.59 Å². The minimum Gasteiger partial charge on any atom is -0.478 e. The second-order valence-electron chi connectivity index (χ2n) is 5.41. The zero-order valence-electron chi connectivity index (χ0n) is 11.2. The zero-order valence-corrected chi connectivity index (χ0v) is 11.2. The molecule has 0 aliphatic rings. The first kappa shape index (κ1) is 14.2. The topological polar surface area (TPSA) is 66.4 Å². The fourth-order valence-electron chi connectivity index (χ4n) is 1.36. The minimum atomic E-state index is -1.09. The van der Waals surface area contributed by atoms with Crippen molar-refractivity contribution in [3.8, 4) is 0 Å². The van der Waals surface area contributed by atoms with Gasteiger partial charge in [0.15, 0.2) is 0 Å². The Labute approximate surface area is 107 Å². The number of hydrogen-bond acceptors (Lipinski definition) is 2. The van der Waals surface area contributed by atoms with Crippen molar-refractivity contribution in [2.24, 2.45) is 5.41 Å². The summed E-state index contributed by atoms with van der Waals surface area (Å²) in [6, 6.07) is 6.16. The van der Waals surface area contributed by atoms with Crippen molar-refractivity contribution in [1.82, 2.24) is 5.32 Å². The van der Waals surface area contributed by atoms with Crippen molar-refractivity contribution >= 4 is 11.9 Å². The van der Waals surface area contributed by atoms with Crippen LogP contribution in [-0.4, -0.2) is 23.0 Å². The predicted molar refractivity (Wildman–Crippen MR) is 69.8 cm³/mol. The maximum atomic E-state index is 12.1. The Morgan fingerprint density at radius 2 is 1.67 bits per heavy atom. The molecule has 1 aromatic rings. The van der Waals surface area contributed by atoms with E-state index in [1.54, 1.807) is 12.1 Å². The first-order chi connectivity index (χ1) is 8.23. The molecule has 0 saturated carbocycles. The van der Waals surface area contributed by atoms with Crippen LogP contribution in [0.2, 0.25) is 0 Å². The van der Waals surface area contributed by atoms with Crippen LogP contribution in [-0.2, 0) is 0 Å². The van der Waals surface area contributed by atoms with E-state index in [2.05, 4.69) is 5.32 Å². The fourth-order valence-corrected chi connectivity index (χ4v) is 1.36. The number of carboxylic acid groups (broad SMARTS) is 1. The lowest BCUT2D eigenvalue weighted by molar-refractivity contribution is 0.0690. The van der Waals surface area contributed by atoms with Gasteiger partial charge >= 0.3 is 5.97 Å². The van der Waals surface area contributed by atoms with Crippen molar-refractivity contribution in [3.05, 3.63) is 35.4 Å². The molecule has 1 aromatic carbocycles. The quantitative estimate of drug-likeness (QED) is 0.865. The van der Waals surface area contributed by atoms with Crippen LogP contribution in [0.4, 0.5) is 0 Å². The van der Waals surface area contributed by atoms with E-state index in [4.69, 9.17) is 5.11 Å². The molecular formula is C14H19NO3. The highest BCUT2D eigenvalue weighted by molar-refractivity contribution is 6.04.